The van der Waals surface area contributed by atoms with Gasteiger partial charge in [-0.2, -0.15) is 5.48 Å². The number of hydroxylamine groups is 1. The lowest BCUT2D eigenvalue weighted by atomic mass is 10.2. The van der Waals surface area contributed by atoms with Crippen molar-refractivity contribution in [2.45, 2.75) is 0 Å². The first-order chi connectivity index (χ1) is 9.84. The van der Waals surface area contributed by atoms with Gasteiger partial charge in [0.2, 0.25) is 0 Å². The monoisotopic (exact) mass is 394 g/mol. The Morgan fingerprint density at radius 2 is 1.65 bits per heavy atom. The van der Waals surface area contributed by atoms with Gasteiger partial charge in [0.15, 0.2) is 0 Å². The van der Waals surface area contributed by atoms with Gasteiger partial charge in [-0.25, -0.2) is 4.79 Å². The number of carbonyl (C=O) groups is 1. The number of halogens is 1. The molecule has 0 bridgehead atoms. The molecule has 0 atom stereocenters. The topological polar surface area (TPSA) is 68.8 Å². The van der Waals surface area contributed by atoms with E-state index < -0.39 is 5.97 Å². The Hall–Kier alpha value is -0.740. The SMILES string of the molecule is O=C(ONCCOCCOCCNI)c1ccccc1. The number of hydrogen-bond donors (Lipinski definition) is 2. The maximum absolute atomic E-state index is 11.5. The summed E-state index contributed by atoms with van der Waals surface area (Å²) in [5.74, 6) is -0.403. The Balaban J connectivity index is 1.91. The van der Waals surface area contributed by atoms with Crippen LogP contribution in [0.3, 0.4) is 0 Å². The Labute approximate surface area is 132 Å². The minimum Gasteiger partial charge on any atom is -0.378 e. The summed E-state index contributed by atoms with van der Waals surface area (Å²) in [5.41, 5.74) is 3.08. The van der Waals surface area contributed by atoms with E-state index in [9.17, 15) is 4.79 Å². The summed E-state index contributed by atoms with van der Waals surface area (Å²) in [5, 5.41) is 0. The van der Waals surface area contributed by atoms with Gasteiger partial charge in [0.05, 0.1) is 38.5 Å². The summed E-state index contributed by atoms with van der Waals surface area (Å²) < 4.78 is 13.5. The van der Waals surface area contributed by atoms with Gasteiger partial charge in [0.25, 0.3) is 0 Å². The first kappa shape index (κ1) is 17.3. The van der Waals surface area contributed by atoms with Gasteiger partial charge in [0.1, 0.15) is 0 Å². The van der Waals surface area contributed by atoms with Crippen LogP contribution >= 0.6 is 22.9 Å². The first-order valence-electron chi connectivity index (χ1n) is 6.32. The van der Waals surface area contributed by atoms with Crippen molar-refractivity contribution in [2.75, 3.05) is 39.5 Å². The average Bonchev–Trinajstić information content (AvgIpc) is 2.50. The third-order valence-corrected chi connectivity index (χ3v) is 2.78. The highest BCUT2D eigenvalue weighted by Gasteiger charge is 2.04. The molecule has 1 aromatic carbocycles. The summed E-state index contributed by atoms with van der Waals surface area (Å²) in [7, 11) is 0. The highest BCUT2D eigenvalue weighted by atomic mass is 127. The third kappa shape index (κ3) is 8.43. The summed E-state index contributed by atoms with van der Waals surface area (Å²) in [6.07, 6.45) is 0. The van der Waals surface area contributed by atoms with Crippen LogP contribution < -0.4 is 9.01 Å². The molecule has 0 heterocycles. The molecule has 0 fully saturated rings. The lowest BCUT2D eigenvalue weighted by Crippen LogP contribution is -2.24. The van der Waals surface area contributed by atoms with Gasteiger partial charge in [-0.3, -0.25) is 3.53 Å². The first-order valence-corrected chi connectivity index (χ1v) is 7.40. The van der Waals surface area contributed by atoms with E-state index in [1.807, 2.05) is 6.07 Å². The second-order valence-corrected chi connectivity index (χ2v) is 4.52. The Morgan fingerprint density at radius 1 is 1.00 bits per heavy atom. The van der Waals surface area contributed by atoms with Crippen molar-refractivity contribution in [3.8, 4) is 0 Å². The van der Waals surface area contributed by atoms with Gasteiger partial charge in [-0.1, -0.05) is 18.2 Å². The maximum Gasteiger partial charge on any atom is 0.356 e. The zero-order valence-electron chi connectivity index (χ0n) is 11.1. The maximum atomic E-state index is 11.5. The summed E-state index contributed by atoms with van der Waals surface area (Å²) in [6.45, 7) is 3.46. The van der Waals surface area contributed by atoms with Crippen molar-refractivity contribution in [3.63, 3.8) is 0 Å². The van der Waals surface area contributed by atoms with Crippen molar-refractivity contribution >= 4 is 28.8 Å². The van der Waals surface area contributed by atoms with E-state index in [-0.39, 0.29) is 0 Å². The molecule has 0 saturated heterocycles. The second-order valence-electron chi connectivity index (χ2n) is 3.76. The molecule has 0 aliphatic heterocycles. The van der Waals surface area contributed by atoms with Crippen molar-refractivity contribution in [3.05, 3.63) is 35.9 Å². The van der Waals surface area contributed by atoms with Crippen LogP contribution in [0, 0.1) is 0 Å². The smallest absolute Gasteiger partial charge is 0.356 e. The normalized spacial score (nSPS) is 10.4. The number of hydrogen-bond acceptors (Lipinski definition) is 6. The molecular formula is C13H19IN2O4. The highest BCUT2D eigenvalue weighted by molar-refractivity contribution is 14.1. The van der Waals surface area contributed by atoms with Crippen LogP contribution in [-0.2, 0) is 14.3 Å². The van der Waals surface area contributed by atoms with Crippen LogP contribution in [-0.4, -0.2) is 45.5 Å². The number of ether oxygens (including phenoxy) is 2. The molecule has 6 nitrogen and oxygen atoms in total. The molecule has 7 heteroatoms. The average molecular weight is 394 g/mol. The predicted molar refractivity (Wildman–Crippen MR) is 83.5 cm³/mol. The molecule has 112 valence electrons. The fourth-order valence-electron chi connectivity index (χ4n) is 1.30. The molecule has 20 heavy (non-hydrogen) atoms. The zero-order valence-corrected chi connectivity index (χ0v) is 13.3. The van der Waals surface area contributed by atoms with Crippen LogP contribution in [0.25, 0.3) is 0 Å². The molecular weight excluding hydrogens is 375 g/mol. The molecule has 0 aromatic heterocycles. The standard InChI is InChI=1S/C13H19IN2O4/c14-15-6-8-18-10-11-19-9-7-16-20-13(17)12-4-2-1-3-5-12/h1-5,15-16H,6-11H2. The van der Waals surface area contributed by atoms with Gasteiger partial charge in [-0.05, 0) is 12.1 Å². The quantitative estimate of drug-likeness (QED) is 0.256. The number of carbonyl (C=O) groups excluding carboxylic acids is 1. The van der Waals surface area contributed by atoms with Crippen LogP contribution in [0.5, 0.6) is 0 Å². The molecule has 0 amide bonds. The third-order valence-electron chi connectivity index (χ3n) is 2.24. The molecule has 0 radical (unpaired) electrons. The minimum absolute atomic E-state index is 0.403. The van der Waals surface area contributed by atoms with E-state index in [0.29, 0.717) is 38.5 Å². The Bertz CT molecular complexity index is 365. The predicted octanol–water partition coefficient (Wildman–Crippen LogP) is 1.32. The lowest BCUT2D eigenvalue weighted by molar-refractivity contribution is 0.0108. The van der Waals surface area contributed by atoms with E-state index in [0.717, 1.165) is 6.54 Å². The van der Waals surface area contributed by atoms with E-state index in [4.69, 9.17) is 14.3 Å². The van der Waals surface area contributed by atoms with Crippen LogP contribution in [0.4, 0.5) is 0 Å². The lowest BCUT2D eigenvalue weighted by Gasteiger charge is -2.07. The number of nitrogens with one attached hydrogen (secondary N) is 2. The fraction of sp³-hybridized carbons (Fsp3) is 0.462. The van der Waals surface area contributed by atoms with Crippen molar-refractivity contribution in [1.29, 1.82) is 0 Å². The van der Waals surface area contributed by atoms with Gasteiger partial charge >= 0.3 is 5.97 Å². The van der Waals surface area contributed by atoms with Crippen LogP contribution in [0.2, 0.25) is 0 Å². The van der Waals surface area contributed by atoms with Gasteiger partial charge < -0.3 is 14.3 Å². The number of rotatable bonds is 11. The molecule has 0 unspecified atom stereocenters. The van der Waals surface area contributed by atoms with E-state index in [2.05, 4.69) is 31.9 Å². The van der Waals surface area contributed by atoms with Crippen LogP contribution in [0.1, 0.15) is 10.4 Å². The van der Waals surface area contributed by atoms with Gasteiger partial charge in [-0.15, -0.1) is 0 Å². The van der Waals surface area contributed by atoms with E-state index in [1.165, 1.54) is 0 Å². The molecule has 0 aliphatic rings. The molecule has 1 aromatic rings. The van der Waals surface area contributed by atoms with Crippen molar-refractivity contribution < 1.29 is 19.1 Å². The van der Waals surface area contributed by atoms with E-state index >= 15 is 0 Å². The minimum atomic E-state index is -0.403. The van der Waals surface area contributed by atoms with Gasteiger partial charge in [0, 0.05) is 29.4 Å². The summed E-state index contributed by atoms with van der Waals surface area (Å²) in [4.78, 5) is 16.4. The van der Waals surface area contributed by atoms with Crippen molar-refractivity contribution in [2.24, 2.45) is 0 Å². The zero-order chi connectivity index (χ0) is 14.5. The largest absolute Gasteiger partial charge is 0.378 e. The van der Waals surface area contributed by atoms with Crippen molar-refractivity contribution in [1.82, 2.24) is 9.01 Å². The molecule has 1 rings (SSSR count). The summed E-state index contributed by atoms with van der Waals surface area (Å²) >= 11 is 2.07. The molecule has 0 spiro atoms. The highest BCUT2D eigenvalue weighted by Crippen LogP contribution is 1.99. The van der Waals surface area contributed by atoms with Crippen LogP contribution in [0.15, 0.2) is 30.3 Å². The second kappa shape index (κ2) is 12.0. The molecule has 2 N–H and O–H groups in total. The Morgan fingerprint density at radius 3 is 2.30 bits per heavy atom. The molecule has 0 aliphatic carbocycles. The fourth-order valence-corrected chi connectivity index (χ4v) is 1.52. The Kier molecular flexibility index (Phi) is 10.4. The summed E-state index contributed by atoms with van der Waals surface area (Å²) in [6, 6.07) is 8.81. The number of benzene rings is 1. The molecule has 0 saturated carbocycles. The van der Waals surface area contributed by atoms with E-state index in [1.54, 1.807) is 24.3 Å².